The fraction of sp³-hybridized carbons (Fsp3) is 0.273. The fourth-order valence-corrected chi connectivity index (χ4v) is 3.23. The first-order chi connectivity index (χ1) is 13.7. The first-order valence-electron chi connectivity index (χ1n) is 9.39. The third-order valence-corrected chi connectivity index (χ3v) is 4.87. The average Bonchev–Trinajstić information content (AvgIpc) is 2.77. The molecule has 6 heteroatoms. The molecule has 0 radical (unpaired) electrons. The van der Waals surface area contributed by atoms with Gasteiger partial charge in [-0.2, -0.15) is 0 Å². The Kier molecular flexibility index (Phi) is 5.39. The minimum atomic E-state index is -0.118. The van der Waals surface area contributed by atoms with E-state index < -0.39 is 0 Å². The minimum absolute atomic E-state index is 0.0476. The van der Waals surface area contributed by atoms with Crippen LogP contribution in [0.1, 0.15) is 0 Å². The van der Waals surface area contributed by atoms with Crippen LogP contribution in [0.4, 0.5) is 11.5 Å². The van der Waals surface area contributed by atoms with Crippen LogP contribution < -0.4 is 14.5 Å². The van der Waals surface area contributed by atoms with Gasteiger partial charge in [0.15, 0.2) is 6.61 Å². The molecule has 0 atom stereocenters. The van der Waals surface area contributed by atoms with Crippen LogP contribution in [0, 0.1) is 0 Å². The summed E-state index contributed by atoms with van der Waals surface area (Å²) in [5, 5.41) is 0.985. The summed E-state index contributed by atoms with van der Waals surface area (Å²) in [6.45, 7) is 3.01. The van der Waals surface area contributed by atoms with Crippen LogP contribution >= 0.6 is 0 Å². The lowest BCUT2D eigenvalue weighted by molar-refractivity contribution is -0.120. The lowest BCUT2D eigenvalue weighted by atomic mass is 10.2. The summed E-state index contributed by atoms with van der Waals surface area (Å²) >= 11 is 0. The molecule has 1 amide bonds. The maximum atomic E-state index is 12.5. The van der Waals surface area contributed by atoms with Crippen molar-refractivity contribution in [2.24, 2.45) is 0 Å². The second kappa shape index (κ2) is 8.27. The first kappa shape index (κ1) is 18.3. The van der Waals surface area contributed by atoms with E-state index in [0.717, 1.165) is 35.5 Å². The van der Waals surface area contributed by atoms with Crippen molar-refractivity contribution in [3.63, 3.8) is 0 Å². The van der Waals surface area contributed by atoms with Gasteiger partial charge in [-0.1, -0.05) is 30.3 Å². The van der Waals surface area contributed by atoms with Crippen molar-refractivity contribution >= 4 is 28.3 Å². The van der Waals surface area contributed by atoms with E-state index in [0.29, 0.717) is 19.0 Å². The Balaban J connectivity index is 1.52. The van der Waals surface area contributed by atoms with Crippen LogP contribution in [0.5, 0.6) is 5.75 Å². The van der Waals surface area contributed by atoms with E-state index in [1.807, 2.05) is 60.7 Å². The Bertz CT molecular complexity index is 956. The zero-order valence-electron chi connectivity index (χ0n) is 15.9. The Morgan fingerprint density at radius 2 is 1.86 bits per heavy atom. The fourth-order valence-electron chi connectivity index (χ4n) is 3.23. The van der Waals surface area contributed by atoms with Crippen LogP contribution in [0.15, 0.2) is 60.7 Å². The lowest BCUT2D eigenvalue weighted by Gasteiger charge is -2.28. The molecule has 4 rings (SSSR count). The quantitative estimate of drug-likeness (QED) is 0.684. The normalized spacial score (nSPS) is 14.1. The van der Waals surface area contributed by atoms with Crippen LogP contribution in [0.2, 0.25) is 0 Å². The number of anilines is 2. The van der Waals surface area contributed by atoms with Gasteiger partial charge in [-0.05, 0) is 30.3 Å². The third-order valence-electron chi connectivity index (χ3n) is 4.87. The van der Waals surface area contributed by atoms with Crippen molar-refractivity contribution < 1.29 is 14.3 Å². The van der Waals surface area contributed by atoms with E-state index in [9.17, 15) is 4.79 Å². The largest absolute Gasteiger partial charge is 0.481 e. The number of hydrogen-bond acceptors (Lipinski definition) is 5. The van der Waals surface area contributed by atoms with Crippen molar-refractivity contribution in [2.75, 3.05) is 49.8 Å². The van der Waals surface area contributed by atoms with Gasteiger partial charge in [0, 0.05) is 31.2 Å². The second-order valence-corrected chi connectivity index (χ2v) is 6.67. The summed E-state index contributed by atoms with van der Waals surface area (Å²) in [5.74, 6) is 1.40. The van der Waals surface area contributed by atoms with E-state index >= 15 is 0 Å². The first-order valence-corrected chi connectivity index (χ1v) is 9.39. The molecule has 0 spiro atoms. The number of rotatable bonds is 5. The highest BCUT2D eigenvalue weighted by atomic mass is 16.5. The summed E-state index contributed by atoms with van der Waals surface area (Å²) in [6, 6.07) is 19.3. The Labute approximate surface area is 164 Å². The van der Waals surface area contributed by atoms with Crippen LogP contribution in [-0.2, 0) is 9.53 Å². The number of carbonyl (C=O) groups is 1. The maximum absolute atomic E-state index is 12.5. The summed E-state index contributed by atoms with van der Waals surface area (Å²) in [5.41, 5.74) is 1.60. The molecule has 2 aromatic carbocycles. The van der Waals surface area contributed by atoms with Gasteiger partial charge in [0.1, 0.15) is 17.1 Å². The Hall–Kier alpha value is -3.12. The molecule has 28 heavy (non-hydrogen) atoms. The van der Waals surface area contributed by atoms with Gasteiger partial charge in [0.05, 0.1) is 13.2 Å². The third kappa shape index (κ3) is 3.92. The van der Waals surface area contributed by atoms with Gasteiger partial charge in [-0.25, -0.2) is 4.98 Å². The van der Waals surface area contributed by atoms with Crippen molar-refractivity contribution in [2.45, 2.75) is 0 Å². The number of likely N-dealkylation sites (N-methyl/N-ethyl adjacent to an activating group) is 1. The molecule has 6 nitrogen and oxygen atoms in total. The number of para-hydroxylation sites is 2. The number of morpholine rings is 1. The van der Waals surface area contributed by atoms with E-state index in [1.54, 1.807) is 11.9 Å². The van der Waals surface area contributed by atoms with Crippen molar-refractivity contribution in [3.05, 3.63) is 60.7 Å². The predicted octanol–water partition coefficient (Wildman–Crippen LogP) is 3.11. The highest BCUT2D eigenvalue weighted by molar-refractivity contribution is 5.94. The van der Waals surface area contributed by atoms with Crippen molar-refractivity contribution in [1.29, 1.82) is 0 Å². The molecule has 0 saturated carbocycles. The molecule has 0 aliphatic carbocycles. The van der Waals surface area contributed by atoms with Gasteiger partial charge in [-0.3, -0.25) is 4.79 Å². The predicted molar refractivity (Wildman–Crippen MR) is 110 cm³/mol. The number of aromatic nitrogens is 1. The summed E-state index contributed by atoms with van der Waals surface area (Å²) in [7, 11) is 1.75. The summed E-state index contributed by atoms with van der Waals surface area (Å²) in [6.07, 6.45) is 0. The molecule has 1 fully saturated rings. The van der Waals surface area contributed by atoms with Crippen molar-refractivity contribution in [3.8, 4) is 5.75 Å². The number of amides is 1. The van der Waals surface area contributed by atoms with Crippen LogP contribution in [0.25, 0.3) is 10.9 Å². The molecular weight excluding hydrogens is 354 g/mol. The lowest BCUT2D eigenvalue weighted by Crippen LogP contribution is -2.36. The Morgan fingerprint density at radius 3 is 2.64 bits per heavy atom. The highest BCUT2D eigenvalue weighted by Crippen LogP contribution is 2.27. The van der Waals surface area contributed by atoms with Crippen molar-refractivity contribution in [1.82, 2.24) is 4.98 Å². The molecule has 3 aromatic rings. The number of ether oxygens (including phenoxy) is 2. The maximum Gasteiger partial charge on any atom is 0.264 e. The summed E-state index contributed by atoms with van der Waals surface area (Å²) < 4.78 is 11.3. The number of fused-ring (bicyclic) bond motifs is 1. The molecular formula is C22H23N3O3. The molecule has 1 aliphatic heterocycles. The molecule has 1 saturated heterocycles. The molecule has 0 bridgehead atoms. The van der Waals surface area contributed by atoms with Gasteiger partial charge < -0.3 is 19.3 Å². The van der Waals surface area contributed by atoms with E-state index in [4.69, 9.17) is 14.5 Å². The standard InChI is InChI=1S/C22H23N3O3/c1-24(18-7-3-2-4-8-18)21(26)16-28-19-9-5-6-17-10-11-20(23-22(17)19)25-12-14-27-15-13-25/h2-11H,12-16H2,1H3. The zero-order valence-corrected chi connectivity index (χ0v) is 15.9. The number of carbonyl (C=O) groups excluding carboxylic acids is 1. The Morgan fingerprint density at radius 1 is 1.07 bits per heavy atom. The minimum Gasteiger partial charge on any atom is -0.481 e. The van der Waals surface area contributed by atoms with Gasteiger partial charge >= 0.3 is 0 Å². The smallest absolute Gasteiger partial charge is 0.264 e. The number of nitrogens with zero attached hydrogens (tertiary/aromatic N) is 3. The zero-order chi connectivity index (χ0) is 19.3. The monoisotopic (exact) mass is 377 g/mol. The number of benzene rings is 2. The van der Waals surface area contributed by atoms with Gasteiger partial charge in [-0.15, -0.1) is 0 Å². The van der Waals surface area contributed by atoms with Crippen LogP contribution in [-0.4, -0.2) is 50.8 Å². The molecule has 144 valence electrons. The molecule has 2 heterocycles. The van der Waals surface area contributed by atoms with Gasteiger partial charge in [0.2, 0.25) is 0 Å². The molecule has 0 unspecified atom stereocenters. The SMILES string of the molecule is CN(C(=O)COc1cccc2ccc(N3CCOCC3)nc12)c1ccccc1. The topological polar surface area (TPSA) is 54.9 Å². The molecule has 1 aliphatic rings. The number of pyridine rings is 1. The molecule has 0 N–H and O–H groups in total. The van der Waals surface area contributed by atoms with Crippen LogP contribution in [0.3, 0.4) is 0 Å². The number of hydrogen-bond donors (Lipinski definition) is 0. The second-order valence-electron chi connectivity index (χ2n) is 6.67. The highest BCUT2D eigenvalue weighted by Gasteiger charge is 2.15. The van der Waals surface area contributed by atoms with E-state index in [1.165, 1.54) is 0 Å². The molecule has 1 aromatic heterocycles. The van der Waals surface area contributed by atoms with E-state index in [2.05, 4.69) is 4.90 Å². The summed E-state index contributed by atoms with van der Waals surface area (Å²) in [4.78, 5) is 21.1. The average molecular weight is 377 g/mol. The van der Waals surface area contributed by atoms with E-state index in [-0.39, 0.29) is 12.5 Å². The van der Waals surface area contributed by atoms with Gasteiger partial charge in [0.25, 0.3) is 5.91 Å².